The number of hydrogen-bond acceptors (Lipinski definition) is 5. The highest BCUT2D eigenvalue weighted by atomic mass is 32.2. The number of anilines is 1. The number of hydrogen-bond donors (Lipinski definition) is 2. The Kier molecular flexibility index (Phi) is 5.76. The number of nitrogens with one attached hydrogen (secondary N) is 1. The molecule has 7 nitrogen and oxygen atoms in total. The van der Waals surface area contributed by atoms with E-state index in [1.54, 1.807) is 24.3 Å². The lowest BCUT2D eigenvalue weighted by atomic mass is 10.3. The van der Waals surface area contributed by atoms with Gasteiger partial charge in [-0.1, -0.05) is 0 Å². The van der Waals surface area contributed by atoms with Crippen LogP contribution in [0.1, 0.15) is 12.8 Å². The number of carbonyl (C=O) groups is 1. The fourth-order valence-electron chi connectivity index (χ4n) is 2.15. The average Bonchev–Trinajstić information content (AvgIpc) is 2.53. The monoisotopic (exact) mass is 328 g/mol. The highest BCUT2D eigenvalue weighted by Gasteiger charge is 2.25. The van der Waals surface area contributed by atoms with Crippen LogP contribution in [0.2, 0.25) is 0 Å². The maximum absolute atomic E-state index is 12.4. The highest BCUT2D eigenvalue weighted by Crippen LogP contribution is 2.19. The SMILES string of the molecule is O=C(O)CCCNc1ccc(S(=O)(=O)N2CCOCC2)cc1. The zero-order chi connectivity index (χ0) is 16.0. The molecular formula is C14H20N2O5S. The Morgan fingerprint density at radius 1 is 1.23 bits per heavy atom. The Morgan fingerprint density at radius 2 is 1.86 bits per heavy atom. The van der Waals surface area contributed by atoms with Gasteiger partial charge in [0.25, 0.3) is 0 Å². The minimum absolute atomic E-state index is 0.108. The normalized spacial score (nSPS) is 16.4. The minimum atomic E-state index is -3.47. The lowest BCUT2D eigenvalue weighted by Gasteiger charge is -2.26. The van der Waals surface area contributed by atoms with E-state index in [-0.39, 0.29) is 11.3 Å². The summed E-state index contributed by atoms with van der Waals surface area (Å²) >= 11 is 0. The molecule has 1 saturated heterocycles. The second-order valence-corrected chi connectivity index (χ2v) is 6.90. The maximum atomic E-state index is 12.4. The molecule has 1 aliphatic rings. The van der Waals surface area contributed by atoms with Crippen LogP contribution in [0.4, 0.5) is 5.69 Å². The predicted molar refractivity (Wildman–Crippen MR) is 81.4 cm³/mol. The number of sulfonamides is 1. The molecule has 1 aliphatic heterocycles. The lowest BCUT2D eigenvalue weighted by Crippen LogP contribution is -2.40. The van der Waals surface area contributed by atoms with E-state index in [1.807, 2.05) is 0 Å². The van der Waals surface area contributed by atoms with Crippen LogP contribution in [0.5, 0.6) is 0 Å². The summed E-state index contributed by atoms with van der Waals surface area (Å²) in [5.74, 6) is -0.825. The van der Waals surface area contributed by atoms with E-state index in [0.29, 0.717) is 39.3 Å². The molecule has 0 spiro atoms. The molecule has 1 aromatic carbocycles. The summed E-state index contributed by atoms with van der Waals surface area (Å²) in [7, 11) is -3.47. The van der Waals surface area contributed by atoms with Gasteiger partial charge in [-0.2, -0.15) is 4.31 Å². The second-order valence-electron chi connectivity index (χ2n) is 4.96. The number of benzene rings is 1. The Balaban J connectivity index is 1.94. The quantitative estimate of drug-likeness (QED) is 0.725. The zero-order valence-corrected chi connectivity index (χ0v) is 13.0. The number of morpholine rings is 1. The van der Waals surface area contributed by atoms with Crippen molar-refractivity contribution in [1.82, 2.24) is 4.31 Å². The van der Waals surface area contributed by atoms with E-state index < -0.39 is 16.0 Å². The van der Waals surface area contributed by atoms with Crippen LogP contribution >= 0.6 is 0 Å². The number of ether oxygens (including phenoxy) is 1. The smallest absolute Gasteiger partial charge is 0.303 e. The summed E-state index contributed by atoms with van der Waals surface area (Å²) in [5, 5.41) is 11.6. The number of rotatable bonds is 7. The van der Waals surface area contributed by atoms with Crippen LogP contribution in [0.25, 0.3) is 0 Å². The Labute approximate surface area is 129 Å². The molecular weight excluding hydrogens is 308 g/mol. The van der Waals surface area contributed by atoms with Crippen molar-refractivity contribution in [2.75, 3.05) is 38.2 Å². The van der Waals surface area contributed by atoms with E-state index in [1.165, 1.54) is 4.31 Å². The molecule has 122 valence electrons. The predicted octanol–water partition coefficient (Wildman–Crippen LogP) is 0.984. The molecule has 0 amide bonds. The van der Waals surface area contributed by atoms with Crippen molar-refractivity contribution >= 4 is 21.7 Å². The first-order valence-corrected chi connectivity index (χ1v) is 8.58. The Bertz CT molecular complexity index is 594. The summed E-state index contributed by atoms with van der Waals surface area (Å²) in [6.07, 6.45) is 0.625. The lowest BCUT2D eigenvalue weighted by molar-refractivity contribution is -0.137. The Morgan fingerprint density at radius 3 is 2.45 bits per heavy atom. The van der Waals surface area contributed by atoms with Gasteiger partial charge in [-0.3, -0.25) is 4.79 Å². The molecule has 0 radical (unpaired) electrons. The Hall–Kier alpha value is -1.64. The van der Waals surface area contributed by atoms with Crippen molar-refractivity contribution in [1.29, 1.82) is 0 Å². The van der Waals surface area contributed by atoms with Gasteiger partial charge >= 0.3 is 5.97 Å². The summed E-state index contributed by atoms with van der Waals surface area (Å²) in [5.41, 5.74) is 0.770. The van der Waals surface area contributed by atoms with Crippen molar-refractivity contribution in [2.45, 2.75) is 17.7 Å². The van der Waals surface area contributed by atoms with Gasteiger partial charge in [0.2, 0.25) is 10.0 Å². The van der Waals surface area contributed by atoms with E-state index in [2.05, 4.69) is 5.32 Å². The first kappa shape index (κ1) is 16.7. The summed E-state index contributed by atoms with van der Waals surface area (Å²) in [6.45, 7) is 2.11. The molecule has 0 bridgehead atoms. The van der Waals surface area contributed by atoms with Gasteiger partial charge < -0.3 is 15.2 Å². The fourth-order valence-corrected chi connectivity index (χ4v) is 3.56. The molecule has 8 heteroatoms. The number of carboxylic acids is 1. The van der Waals surface area contributed by atoms with E-state index in [4.69, 9.17) is 9.84 Å². The van der Waals surface area contributed by atoms with E-state index in [9.17, 15) is 13.2 Å². The first-order valence-electron chi connectivity index (χ1n) is 7.14. The van der Waals surface area contributed by atoms with Gasteiger partial charge in [0.05, 0.1) is 18.1 Å². The van der Waals surface area contributed by atoms with Gasteiger partial charge in [0.1, 0.15) is 0 Å². The van der Waals surface area contributed by atoms with Crippen LogP contribution in [0.15, 0.2) is 29.2 Å². The van der Waals surface area contributed by atoms with E-state index in [0.717, 1.165) is 5.69 Å². The molecule has 2 N–H and O–H groups in total. The standard InChI is InChI=1S/C14H20N2O5S/c17-14(18)2-1-7-15-12-3-5-13(6-4-12)22(19,20)16-8-10-21-11-9-16/h3-6,15H,1-2,7-11H2,(H,17,18). The van der Waals surface area contributed by atoms with Crippen LogP contribution < -0.4 is 5.32 Å². The van der Waals surface area contributed by atoms with Crippen LogP contribution in [-0.4, -0.2) is 56.6 Å². The molecule has 2 rings (SSSR count). The van der Waals surface area contributed by atoms with Gasteiger partial charge in [-0.25, -0.2) is 8.42 Å². The third-order valence-electron chi connectivity index (χ3n) is 3.36. The van der Waals surface area contributed by atoms with Crippen LogP contribution in [0, 0.1) is 0 Å². The van der Waals surface area contributed by atoms with Crippen molar-refractivity contribution in [2.24, 2.45) is 0 Å². The molecule has 0 unspecified atom stereocenters. The number of aliphatic carboxylic acids is 1. The maximum Gasteiger partial charge on any atom is 0.303 e. The molecule has 1 fully saturated rings. The molecule has 22 heavy (non-hydrogen) atoms. The van der Waals surface area contributed by atoms with Gasteiger partial charge in [-0.15, -0.1) is 0 Å². The zero-order valence-electron chi connectivity index (χ0n) is 12.2. The number of nitrogens with zero attached hydrogens (tertiary/aromatic N) is 1. The first-order chi connectivity index (χ1) is 10.5. The van der Waals surface area contributed by atoms with E-state index >= 15 is 0 Å². The van der Waals surface area contributed by atoms with Crippen molar-refractivity contribution in [3.63, 3.8) is 0 Å². The summed E-state index contributed by atoms with van der Waals surface area (Å²) in [6, 6.07) is 6.50. The highest BCUT2D eigenvalue weighted by molar-refractivity contribution is 7.89. The van der Waals surface area contributed by atoms with Gasteiger partial charge in [0, 0.05) is 31.7 Å². The molecule has 0 aliphatic carbocycles. The summed E-state index contributed by atoms with van der Waals surface area (Å²) < 4.78 is 31.4. The number of carboxylic acid groups (broad SMARTS) is 1. The molecule has 0 aromatic heterocycles. The molecule has 1 heterocycles. The topological polar surface area (TPSA) is 95.9 Å². The van der Waals surface area contributed by atoms with Crippen LogP contribution in [-0.2, 0) is 19.6 Å². The average molecular weight is 328 g/mol. The van der Waals surface area contributed by atoms with Crippen molar-refractivity contribution in [3.8, 4) is 0 Å². The third kappa shape index (κ3) is 4.43. The fraction of sp³-hybridized carbons (Fsp3) is 0.500. The second kappa shape index (κ2) is 7.57. The molecule has 1 aromatic rings. The largest absolute Gasteiger partial charge is 0.481 e. The van der Waals surface area contributed by atoms with Gasteiger partial charge in [-0.05, 0) is 30.7 Å². The minimum Gasteiger partial charge on any atom is -0.481 e. The van der Waals surface area contributed by atoms with Gasteiger partial charge in [0.15, 0.2) is 0 Å². The van der Waals surface area contributed by atoms with Crippen molar-refractivity contribution < 1.29 is 23.1 Å². The third-order valence-corrected chi connectivity index (χ3v) is 5.27. The van der Waals surface area contributed by atoms with Crippen LogP contribution in [0.3, 0.4) is 0 Å². The molecule has 0 atom stereocenters. The summed E-state index contributed by atoms with van der Waals surface area (Å²) in [4.78, 5) is 10.7. The molecule has 0 saturated carbocycles. The van der Waals surface area contributed by atoms with Crippen molar-refractivity contribution in [3.05, 3.63) is 24.3 Å².